The van der Waals surface area contributed by atoms with Gasteiger partial charge in [-0.3, -0.25) is 9.78 Å². The Kier molecular flexibility index (Phi) is 5.51. The third kappa shape index (κ3) is 4.78. The molecular formula is C18H20FN3O3S. The molecule has 2 heterocycles. The van der Waals surface area contributed by atoms with Crippen LogP contribution in [0.25, 0.3) is 0 Å². The summed E-state index contributed by atoms with van der Waals surface area (Å²) in [5, 5.41) is 5.85. The zero-order chi connectivity index (χ0) is 18.6. The van der Waals surface area contributed by atoms with E-state index in [-0.39, 0.29) is 29.3 Å². The maximum atomic E-state index is 13.6. The van der Waals surface area contributed by atoms with E-state index in [9.17, 15) is 17.6 Å². The number of aromatic nitrogens is 1. The largest absolute Gasteiger partial charge is 0.383 e. The number of nitrogens with zero attached hydrogens (tertiary/aromatic N) is 1. The zero-order valence-electron chi connectivity index (χ0n) is 14.1. The van der Waals surface area contributed by atoms with Crippen LogP contribution < -0.4 is 10.6 Å². The lowest BCUT2D eigenvalue weighted by atomic mass is 10.1. The molecule has 0 aliphatic carbocycles. The monoisotopic (exact) mass is 377 g/mol. The molecule has 1 unspecified atom stereocenters. The summed E-state index contributed by atoms with van der Waals surface area (Å²) in [7, 11) is -3.05. The average Bonchev–Trinajstić information content (AvgIpc) is 2.95. The number of amides is 1. The maximum Gasteiger partial charge on any atom is 0.253 e. The van der Waals surface area contributed by atoms with Crippen molar-refractivity contribution in [3.8, 4) is 0 Å². The summed E-state index contributed by atoms with van der Waals surface area (Å²) in [6.07, 6.45) is 3.95. The Labute approximate surface area is 151 Å². The Morgan fingerprint density at radius 1 is 1.27 bits per heavy atom. The number of nitrogens with one attached hydrogen (secondary N) is 2. The molecule has 0 saturated carbocycles. The first-order chi connectivity index (χ1) is 12.4. The molecule has 2 N–H and O–H groups in total. The average molecular weight is 377 g/mol. The normalized spacial score (nSPS) is 18.4. The van der Waals surface area contributed by atoms with Gasteiger partial charge >= 0.3 is 0 Å². The number of pyridine rings is 1. The molecule has 8 heteroatoms. The number of hydrogen-bond acceptors (Lipinski definition) is 5. The Bertz CT molecular complexity index is 902. The van der Waals surface area contributed by atoms with E-state index in [0.29, 0.717) is 36.2 Å². The summed E-state index contributed by atoms with van der Waals surface area (Å²) in [5.41, 5.74) is 1.61. The van der Waals surface area contributed by atoms with Gasteiger partial charge in [-0.15, -0.1) is 0 Å². The Balaban J connectivity index is 1.56. The molecule has 1 aliphatic rings. The summed E-state index contributed by atoms with van der Waals surface area (Å²) in [5.74, 6) is -0.509. The predicted octanol–water partition coefficient (Wildman–Crippen LogP) is 1.79. The smallest absolute Gasteiger partial charge is 0.253 e. The molecular weight excluding hydrogens is 357 g/mol. The van der Waals surface area contributed by atoms with E-state index in [1.807, 2.05) is 0 Å². The van der Waals surface area contributed by atoms with Crippen LogP contribution in [0.1, 0.15) is 22.3 Å². The fourth-order valence-electron chi connectivity index (χ4n) is 2.88. The van der Waals surface area contributed by atoms with E-state index in [1.165, 1.54) is 12.3 Å². The number of anilines is 1. The molecule has 1 amide bonds. The Morgan fingerprint density at radius 3 is 2.81 bits per heavy atom. The van der Waals surface area contributed by atoms with Crippen LogP contribution in [0.5, 0.6) is 0 Å². The highest BCUT2D eigenvalue weighted by Gasteiger charge is 2.29. The van der Waals surface area contributed by atoms with Gasteiger partial charge in [0, 0.05) is 25.0 Å². The molecule has 138 valence electrons. The minimum atomic E-state index is -3.05. The van der Waals surface area contributed by atoms with Gasteiger partial charge < -0.3 is 10.6 Å². The van der Waals surface area contributed by atoms with E-state index >= 15 is 0 Å². The molecule has 1 atom stereocenters. The van der Waals surface area contributed by atoms with E-state index in [1.54, 1.807) is 30.5 Å². The van der Waals surface area contributed by atoms with Crippen LogP contribution in [0.2, 0.25) is 0 Å². The van der Waals surface area contributed by atoms with Crippen molar-refractivity contribution in [2.45, 2.75) is 18.9 Å². The van der Waals surface area contributed by atoms with Crippen LogP contribution in [0.4, 0.5) is 10.1 Å². The van der Waals surface area contributed by atoms with Gasteiger partial charge in [0.15, 0.2) is 9.84 Å². The van der Waals surface area contributed by atoms with Gasteiger partial charge in [-0.05, 0) is 30.5 Å². The van der Waals surface area contributed by atoms with Crippen molar-refractivity contribution in [3.63, 3.8) is 0 Å². The first-order valence-corrected chi connectivity index (χ1v) is 10.2. The summed E-state index contributed by atoms with van der Waals surface area (Å²) >= 11 is 0. The molecule has 1 aromatic carbocycles. The molecule has 26 heavy (non-hydrogen) atoms. The van der Waals surface area contributed by atoms with Crippen LogP contribution in [-0.2, 0) is 16.3 Å². The lowest BCUT2D eigenvalue weighted by molar-refractivity contribution is 0.0941. The summed E-state index contributed by atoms with van der Waals surface area (Å²) in [4.78, 5) is 16.3. The van der Waals surface area contributed by atoms with Gasteiger partial charge in [0.1, 0.15) is 5.82 Å². The topological polar surface area (TPSA) is 88.2 Å². The van der Waals surface area contributed by atoms with Gasteiger partial charge in [0.25, 0.3) is 5.91 Å². The maximum absolute atomic E-state index is 13.6. The highest BCUT2D eigenvalue weighted by Crippen LogP contribution is 2.14. The molecule has 1 aliphatic heterocycles. The fourth-order valence-corrected chi connectivity index (χ4v) is 4.55. The molecule has 0 radical (unpaired) electrons. The quantitative estimate of drug-likeness (QED) is 0.801. The van der Waals surface area contributed by atoms with Crippen LogP contribution in [0.15, 0.2) is 42.7 Å². The van der Waals surface area contributed by atoms with Crippen molar-refractivity contribution in [1.82, 2.24) is 10.3 Å². The molecule has 1 saturated heterocycles. The number of carbonyl (C=O) groups excluding carboxylic acids is 1. The van der Waals surface area contributed by atoms with Crippen molar-refractivity contribution < 1.29 is 17.6 Å². The first-order valence-electron chi connectivity index (χ1n) is 8.36. The summed E-state index contributed by atoms with van der Waals surface area (Å²) < 4.78 is 36.5. The first kappa shape index (κ1) is 18.3. The van der Waals surface area contributed by atoms with E-state index < -0.39 is 9.84 Å². The number of benzene rings is 1. The van der Waals surface area contributed by atoms with Crippen molar-refractivity contribution in [2.75, 3.05) is 23.4 Å². The minimum Gasteiger partial charge on any atom is -0.383 e. The van der Waals surface area contributed by atoms with Crippen molar-refractivity contribution >= 4 is 21.4 Å². The van der Waals surface area contributed by atoms with Crippen molar-refractivity contribution in [1.29, 1.82) is 0 Å². The van der Waals surface area contributed by atoms with E-state index in [4.69, 9.17) is 0 Å². The number of hydrogen-bond donors (Lipinski definition) is 2. The van der Waals surface area contributed by atoms with Crippen molar-refractivity contribution in [2.24, 2.45) is 0 Å². The Hall–Kier alpha value is -2.48. The standard InChI is InChI=1S/C18H20FN3O3S/c19-17-4-2-1-3-13(17)5-7-21-16-9-14(10-20-11-16)18(23)22-15-6-8-26(24,25)12-15/h1-4,9-11,15,21H,5-8,12H2,(H,22,23). The second kappa shape index (κ2) is 7.82. The SMILES string of the molecule is O=C(NC1CCS(=O)(=O)C1)c1cncc(NCCc2ccccc2F)c1. The molecule has 1 fully saturated rings. The minimum absolute atomic E-state index is 0.0211. The van der Waals surface area contributed by atoms with Crippen LogP contribution >= 0.6 is 0 Å². The second-order valence-electron chi connectivity index (χ2n) is 6.30. The van der Waals surface area contributed by atoms with Gasteiger partial charge in [0.2, 0.25) is 0 Å². The number of sulfone groups is 1. The van der Waals surface area contributed by atoms with Gasteiger partial charge in [0.05, 0.1) is 22.8 Å². The highest BCUT2D eigenvalue weighted by atomic mass is 32.2. The van der Waals surface area contributed by atoms with Crippen molar-refractivity contribution in [3.05, 3.63) is 59.7 Å². The molecule has 1 aromatic heterocycles. The van der Waals surface area contributed by atoms with E-state index in [2.05, 4.69) is 15.6 Å². The number of halogens is 1. The fraction of sp³-hybridized carbons (Fsp3) is 0.333. The Morgan fingerprint density at radius 2 is 2.08 bits per heavy atom. The van der Waals surface area contributed by atoms with E-state index in [0.717, 1.165) is 0 Å². The zero-order valence-corrected chi connectivity index (χ0v) is 14.9. The molecule has 6 nitrogen and oxygen atoms in total. The molecule has 0 bridgehead atoms. The predicted molar refractivity (Wildman–Crippen MR) is 97.4 cm³/mol. The molecule has 0 spiro atoms. The molecule has 2 aromatic rings. The van der Waals surface area contributed by atoms with Gasteiger partial charge in [-0.2, -0.15) is 0 Å². The third-order valence-electron chi connectivity index (χ3n) is 4.25. The van der Waals surface area contributed by atoms with Crippen LogP contribution in [0.3, 0.4) is 0 Å². The lowest BCUT2D eigenvalue weighted by Crippen LogP contribution is -2.35. The number of carbonyl (C=O) groups is 1. The summed E-state index contributed by atoms with van der Waals surface area (Å²) in [6.45, 7) is 0.495. The summed E-state index contributed by atoms with van der Waals surface area (Å²) in [6, 6.07) is 7.87. The van der Waals surface area contributed by atoms with Crippen LogP contribution in [0, 0.1) is 5.82 Å². The van der Waals surface area contributed by atoms with Gasteiger partial charge in [-0.1, -0.05) is 18.2 Å². The third-order valence-corrected chi connectivity index (χ3v) is 6.02. The molecule has 3 rings (SSSR count). The number of rotatable bonds is 6. The second-order valence-corrected chi connectivity index (χ2v) is 8.53. The highest BCUT2D eigenvalue weighted by molar-refractivity contribution is 7.91. The van der Waals surface area contributed by atoms with Crippen LogP contribution in [-0.4, -0.2) is 43.4 Å². The lowest BCUT2D eigenvalue weighted by Gasteiger charge is -2.12. The van der Waals surface area contributed by atoms with Gasteiger partial charge in [-0.25, -0.2) is 12.8 Å².